The summed E-state index contributed by atoms with van der Waals surface area (Å²) < 4.78 is 45.5. The molecule has 0 aliphatic heterocycles. The largest absolute Gasteiger partial charge is 0.411 e. The SMILES string of the molecule is COCCNCC(COCC(F)(F)F)CC(C)C. The van der Waals surface area contributed by atoms with Crippen LogP contribution >= 0.6 is 0 Å². The van der Waals surface area contributed by atoms with Gasteiger partial charge in [0, 0.05) is 20.2 Å². The standard InChI is InChI=1S/C12H24F3NO2/c1-10(2)6-11(7-16-4-5-17-3)8-18-9-12(13,14)15/h10-11,16H,4-9H2,1-3H3. The molecule has 18 heavy (non-hydrogen) atoms. The normalized spacial score (nSPS) is 14.2. The molecule has 0 aliphatic rings. The van der Waals surface area contributed by atoms with Crippen LogP contribution < -0.4 is 5.32 Å². The summed E-state index contributed by atoms with van der Waals surface area (Å²) in [5.41, 5.74) is 0. The molecule has 0 aliphatic carbocycles. The number of ether oxygens (including phenoxy) is 2. The van der Waals surface area contributed by atoms with Crippen molar-refractivity contribution in [2.24, 2.45) is 11.8 Å². The summed E-state index contributed by atoms with van der Waals surface area (Å²) in [5, 5.41) is 3.15. The van der Waals surface area contributed by atoms with E-state index in [2.05, 4.69) is 5.32 Å². The zero-order valence-corrected chi connectivity index (χ0v) is 11.3. The minimum Gasteiger partial charge on any atom is -0.383 e. The van der Waals surface area contributed by atoms with Crippen LogP contribution in [0.15, 0.2) is 0 Å². The van der Waals surface area contributed by atoms with Crippen molar-refractivity contribution >= 4 is 0 Å². The van der Waals surface area contributed by atoms with E-state index in [-0.39, 0.29) is 12.5 Å². The molecule has 1 N–H and O–H groups in total. The molecule has 0 rings (SSSR count). The van der Waals surface area contributed by atoms with Crippen molar-refractivity contribution in [3.8, 4) is 0 Å². The van der Waals surface area contributed by atoms with Crippen molar-refractivity contribution in [3.63, 3.8) is 0 Å². The highest BCUT2D eigenvalue weighted by atomic mass is 19.4. The molecule has 6 heteroatoms. The van der Waals surface area contributed by atoms with Crippen molar-refractivity contribution in [2.75, 3.05) is 40.0 Å². The molecule has 0 saturated heterocycles. The topological polar surface area (TPSA) is 30.5 Å². The summed E-state index contributed by atoms with van der Waals surface area (Å²) in [5.74, 6) is 0.540. The van der Waals surface area contributed by atoms with E-state index in [1.807, 2.05) is 13.8 Å². The summed E-state index contributed by atoms with van der Waals surface area (Å²) in [7, 11) is 1.61. The first-order valence-electron chi connectivity index (χ1n) is 6.19. The van der Waals surface area contributed by atoms with Gasteiger partial charge in [-0.3, -0.25) is 0 Å². The summed E-state index contributed by atoms with van der Waals surface area (Å²) in [6.45, 7) is 5.01. The maximum Gasteiger partial charge on any atom is 0.411 e. The predicted molar refractivity (Wildman–Crippen MR) is 64.6 cm³/mol. The number of halogens is 3. The lowest BCUT2D eigenvalue weighted by Gasteiger charge is -2.20. The van der Waals surface area contributed by atoms with Gasteiger partial charge in [-0.05, 0) is 18.3 Å². The van der Waals surface area contributed by atoms with Gasteiger partial charge >= 0.3 is 6.18 Å². The van der Waals surface area contributed by atoms with E-state index in [9.17, 15) is 13.2 Å². The highest BCUT2D eigenvalue weighted by Gasteiger charge is 2.27. The Kier molecular flexibility index (Phi) is 9.40. The van der Waals surface area contributed by atoms with Crippen molar-refractivity contribution in [2.45, 2.75) is 26.4 Å². The van der Waals surface area contributed by atoms with Crippen LogP contribution in [0.25, 0.3) is 0 Å². The Labute approximate surface area is 107 Å². The van der Waals surface area contributed by atoms with Crippen molar-refractivity contribution in [3.05, 3.63) is 0 Å². The molecule has 0 amide bonds. The van der Waals surface area contributed by atoms with E-state index in [4.69, 9.17) is 9.47 Å². The molecular weight excluding hydrogens is 247 g/mol. The Morgan fingerprint density at radius 3 is 2.39 bits per heavy atom. The van der Waals surface area contributed by atoms with Gasteiger partial charge in [-0.2, -0.15) is 13.2 Å². The Hall–Kier alpha value is -0.330. The number of methoxy groups -OCH3 is 1. The summed E-state index contributed by atoms with van der Waals surface area (Å²) in [6, 6.07) is 0. The van der Waals surface area contributed by atoms with E-state index in [0.29, 0.717) is 25.6 Å². The molecule has 0 bridgehead atoms. The fourth-order valence-corrected chi connectivity index (χ4v) is 1.70. The van der Waals surface area contributed by atoms with Crippen LogP contribution in [0.1, 0.15) is 20.3 Å². The second kappa shape index (κ2) is 9.58. The maximum atomic E-state index is 12.0. The Balaban J connectivity index is 3.84. The molecule has 0 spiro atoms. The summed E-state index contributed by atoms with van der Waals surface area (Å²) in [4.78, 5) is 0. The summed E-state index contributed by atoms with van der Waals surface area (Å²) in [6.07, 6.45) is -3.40. The van der Waals surface area contributed by atoms with Gasteiger partial charge in [0.05, 0.1) is 13.2 Å². The Morgan fingerprint density at radius 2 is 1.89 bits per heavy atom. The van der Waals surface area contributed by atoms with Crippen LogP contribution in [0.2, 0.25) is 0 Å². The molecule has 0 aromatic rings. The molecule has 0 fully saturated rings. The van der Waals surface area contributed by atoms with E-state index in [1.54, 1.807) is 7.11 Å². The lowest BCUT2D eigenvalue weighted by Crippen LogP contribution is -2.30. The van der Waals surface area contributed by atoms with Crippen molar-refractivity contribution < 1.29 is 22.6 Å². The zero-order valence-electron chi connectivity index (χ0n) is 11.3. The average Bonchev–Trinajstić information content (AvgIpc) is 2.21. The molecule has 0 saturated carbocycles. The minimum atomic E-state index is -4.24. The quantitative estimate of drug-likeness (QED) is 0.619. The van der Waals surface area contributed by atoms with Gasteiger partial charge in [-0.25, -0.2) is 0 Å². The molecule has 0 heterocycles. The lowest BCUT2D eigenvalue weighted by atomic mass is 9.98. The maximum absolute atomic E-state index is 12.0. The molecule has 1 unspecified atom stereocenters. The first-order valence-corrected chi connectivity index (χ1v) is 6.19. The molecule has 0 aromatic carbocycles. The van der Waals surface area contributed by atoms with Gasteiger partial charge in [0.25, 0.3) is 0 Å². The molecule has 0 aromatic heterocycles. The second-order valence-corrected chi connectivity index (χ2v) is 4.82. The average molecular weight is 271 g/mol. The van der Waals surface area contributed by atoms with E-state index in [1.165, 1.54) is 0 Å². The van der Waals surface area contributed by atoms with Crippen LogP contribution in [0.4, 0.5) is 13.2 Å². The van der Waals surface area contributed by atoms with Crippen LogP contribution in [0.5, 0.6) is 0 Å². The number of hydrogen-bond acceptors (Lipinski definition) is 3. The van der Waals surface area contributed by atoms with Crippen LogP contribution in [-0.4, -0.2) is 46.2 Å². The number of nitrogens with one attached hydrogen (secondary N) is 1. The fraction of sp³-hybridized carbons (Fsp3) is 1.00. The number of alkyl halides is 3. The van der Waals surface area contributed by atoms with Gasteiger partial charge in [0.1, 0.15) is 6.61 Å². The summed E-state index contributed by atoms with van der Waals surface area (Å²) >= 11 is 0. The monoisotopic (exact) mass is 271 g/mol. The van der Waals surface area contributed by atoms with Gasteiger partial charge in [0.15, 0.2) is 0 Å². The highest BCUT2D eigenvalue weighted by molar-refractivity contribution is 4.64. The zero-order chi connectivity index (χ0) is 14.0. The van der Waals surface area contributed by atoms with E-state index >= 15 is 0 Å². The van der Waals surface area contributed by atoms with Crippen LogP contribution in [0.3, 0.4) is 0 Å². The lowest BCUT2D eigenvalue weighted by molar-refractivity contribution is -0.176. The molecule has 3 nitrogen and oxygen atoms in total. The third-order valence-corrected chi connectivity index (χ3v) is 2.34. The first kappa shape index (κ1) is 17.7. The fourth-order valence-electron chi connectivity index (χ4n) is 1.70. The number of hydrogen-bond donors (Lipinski definition) is 1. The predicted octanol–water partition coefficient (Wildman–Crippen LogP) is 2.46. The third kappa shape index (κ3) is 12.1. The third-order valence-electron chi connectivity index (χ3n) is 2.34. The van der Waals surface area contributed by atoms with E-state index in [0.717, 1.165) is 6.42 Å². The smallest absolute Gasteiger partial charge is 0.383 e. The van der Waals surface area contributed by atoms with Crippen LogP contribution in [0, 0.1) is 11.8 Å². The van der Waals surface area contributed by atoms with Gasteiger partial charge in [-0.15, -0.1) is 0 Å². The van der Waals surface area contributed by atoms with Gasteiger partial charge in [0.2, 0.25) is 0 Å². The highest BCUT2D eigenvalue weighted by Crippen LogP contribution is 2.17. The first-order chi connectivity index (χ1) is 8.35. The van der Waals surface area contributed by atoms with Crippen molar-refractivity contribution in [1.82, 2.24) is 5.32 Å². The molecule has 1 atom stereocenters. The van der Waals surface area contributed by atoms with Crippen LogP contribution in [-0.2, 0) is 9.47 Å². The van der Waals surface area contributed by atoms with Gasteiger partial charge in [-0.1, -0.05) is 13.8 Å². The molecule has 0 radical (unpaired) electrons. The van der Waals surface area contributed by atoms with Crippen molar-refractivity contribution in [1.29, 1.82) is 0 Å². The Morgan fingerprint density at radius 1 is 1.22 bits per heavy atom. The molecular formula is C12H24F3NO2. The van der Waals surface area contributed by atoms with E-state index < -0.39 is 12.8 Å². The van der Waals surface area contributed by atoms with Gasteiger partial charge < -0.3 is 14.8 Å². The second-order valence-electron chi connectivity index (χ2n) is 4.82. The number of rotatable bonds is 10. The molecule has 110 valence electrons. The minimum absolute atomic E-state index is 0.101. The Bertz CT molecular complexity index is 198.